The Bertz CT molecular complexity index is 617. The van der Waals surface area contributed by atoms with Crippen LogP contribution in [0.3, 0.4) is 0 Å². The van der Waals surface area contributed by atoms with Crippen molar-refractivity contribution < 1.29 is 9.18 Å². The van der Waals surface area contributed by atoms with E-state index in [1.165, 1.54) is 12.1 Å². The maximum Gasteiger partial charge on any atom is 0.167 e. The second-order valence-corrected chi connectivity index (χ2v) is 5.11. The number of rotatable bonds is 4. The summed E-state index contributed by atoms with van der Waals surface area (Å²) in [5.41, 5.74) is 3.37. The number of anilines is 1. The molecule has 3 heteroatoms. The Balaban J connectivity index is 2.17. The third-order valence-corrected chi connectivity index (χ3v) is 3.37. The van der Waals surface area contributed by atoms with Gasteiger partial charge in [0, 0.05) is 31.8 Å². The van der Waals surface area contributed by atoms with Crippen molar-refractivity contribution >= 4 is 11.5 Å². The first kappa shape index (κ1) is 14.3. The van der Waals surface area contributed by atoms with E-state index in [1.54, 1.807) is 6.07 Å². The summed E-state index contributed by atoms with van der Waals surface area (Å²) in [6.45, 7) is 1.89. The van der Waals surface area contributed by atoms with Gasteiger partial charge in [0.25, 0.3) is 0 Å². The molecule has 20 heavy (non-hydrogen) atoms. The van der Waals surface area contributed by atoms with Gasteiger partial charge in [-0.3, -0.25) is 4.79 Å². The maximum absolute atomic E-state index is 13.2. The average molecular weight is 271 g/mol. The number of carbonyl (C=O) groups excluding carboxylic acids is 1. The molecule has 0 bridgehead atoms. The molecule has 0 saturated heterocycles. The van der Waals surface area contributed by atoms with Crippen LogP contribution in [0.1, 0.15) is 21.5 Å². The van der Waals surface area contributed by atoms with Gasteiger partial charge in [-0.25, -0.2) is 4.39 Å². The van der Waals surface area contributed by atoms with Crippen molar-refractivity contribution in [3.63, 3.8) is 0 Å². The van der Waals surface area contributed by atoms with Gasteiger partial charge >= 0.3 is 0 Å². The lowest BCUT2D eigenvalue weighted by molar-refractivity contribution is 0.0992. The molecule has 0 radical (unpaired) electrons. The molecular formula is C17H18FNO. The van der Waals surface area contributed by atoms with Crippen molar-refractivity contribution in [2.75, 3.05) is 19.0 Å². The van der Waals surface area contributed by atoms with Crippen LogP contribution in [0.5, 0.6) is 0 Å². The highest BCUT2D eigenvalue weighted by Gasteiger charge is 2.10. The molecule has 0 atom stereocenters. The molecule has 0 amide bonds. The highest BCUT2D eigenvalue weighted by Crippen LogP contribution is 2.16. The van der Waals surface area contributed by atoms with Crippen molar-refractivity contribution in [3.8, 4) is 0 Å². The second kappa shape index (κ2) is 5.87. The Morgan fingerprint density at radius 2 is 1.75 bits per heavy atom. The lowest BCUT2D eigenvalue weighted by Crippen LogP contribution is -2.09. The van der Waals surface area contributed by atoms with Gasteiger partial charge in [0.2, 0.25) is 0 Å². The predicted molar refractivity (Wildman–Crippen MR) is 79.9 cm³/mol. The van der Waals surface area contributed by atoms with E-state index in [1.807, 2.05) is 50.2 Å². The minimum absolute atomic E-state index is 0.00371. The number of benzene rings is 2. The van der Waals surface area contributed by atoms with Crippen LogP contribution in [-0.2, 0) is 6.42 Å². The molecule has 0 N–H and O–H groups in total. The lowest BCUT2D eigenvalue weighted by Gasteiger charge is -2.12. The van der Waals surface area contributed by atoms with Crippen LogP contribution in [0, 0.1) is 12.7 Å². The minimum Gasteiger partial charge on any atom is -0.378 e. The van der Waals surface area contributed by atoms with Gasteiger partial charge in [-0.1, -0.05) is 6.07 Å². The van der Waals surface area contributed by atoms with Crippen molar-refractivity contribution in [2.24, 2.45) is 0 Å². The van der Waals surface area contributed by atoms with E-state index in [9.17, 15) is 9.18 Å². The first-order chi connectivity index (χ1) is 9.47. The Kier molecular flexibility index (Phi) is 4.18. The smallest absolute Gasteiger partial charge is 0.167 e. The largest absolute Gasteiger partial charge is 0.378 e. The highest BCUT2D eigenvalue weighted by molar-refractivity contribution is 5.97. The SMILES string of the molecule is Cc1ccc(F)cc1CC(=O)c1ccc(N(C)C)cc1. The fourth-order valence-corrected chi connectivity index (χ4v) is 2.05. The van der Waals surface area contributed by atoms with Crippen LogP contribution >= 0.6 is 0 Å². The molecule has 2 aromatic rings. The van der Waals surface area contributed by atoms with E-state index < -0.39 is 0 Å². The Morgan fingerprint density at radius 3 is 2.35 bits per heavy atom. The third-order valence-electron chi connectivity index (χ3n) is 3.37. The van der Waals surface area contributed by atoms with Crippen molar-refractivity contribution in [1.82, 2.24) is 0 Å². The van der Waals surface area contributed by atoms with Crippen molar-refractivity contribution in [2.45, 2.75) is 13.3 Å². The lowest BCUT2D eigenvalue weighted by atomic mass is 9.99. The summed E-state index contributed by atoms with van der Waals surface area (Å²) in [5.74, 6) is -0.301. The average Bonchev–Trinajstić information content (AvgIpc) is 2.43. The first-order valence-electron chi connectivity index (χ1n) is 6.53. The molecule has 0 heterocycles. The number of hydrogen-bond donors (Lipinski definition) is 0. The fraction of sp³-hybridized carbons (Fsp3) is 0.235. The molecule has 0 aromatic heterocycles. The van der Waals surface area contributed by atoms with Gasteiger partial charge in [0.05, 0.1) is 0 Å². The van der Waals surface area contributed by atoms with Crippen molar-refractivity contribution in [1.29, 1.82) is 0 Å². The molecule has 2 aromatic carbocycles. The van der Waals surface area contributed by atoms with E-state index in [-0.39, 0.29) is 18.0 Å². The topological polar surface area (TPSA) is 20.3 Å². The number of ketones is 1. The molecule has 0 spiro atoms. The standard InChI is InChI=1S/C17H18FNO/c1-12-4-7-15(18)10-14(12)11-17(20)13-5-8-16(9-6-13)19(2)3/h4-10H,11H2,1-3H3. The number of Topliss-reactive ketones (excluding diaryl/α,β-unsaturated/α-hetero) is 1. The van der Waals surface area contributed by atoms with Crippen LogP contribution < -0.4 is 4.90 Å². The molecular weight excluding hydrogens is 253 g/mol. The quantitative estimate of drug-likeness (QED) is 0.791. The number of hydrogen-bond acceptors (Lipinski definition) is 2. The van der Waals surface area contributed by atoms with Crippen LogP contribution in [0.25, 0.3) is 0 Å². The summed E-state index contributed by atoms with van der Waals surface area (Å²) in [4.78, 5) is 14.2. The van der Waals surface area contributed by atoms with E-state index in [2.05, 4.69) is 0 Å². The Morgan fingerprint density at radius 1 is 1.10 bits per heavy atom. The summed E-state index contributed by atoms with van der Waals surface area (Å²) in [7, 11) is 3.90. The fourth-order valence-electron chi connectivity index (χ4n) is 2.05. The van der Waals surface area contributed by atoms with Gasteiger partial charge in [0.15, 0.2) is 5.78 Å². The molecule has 0 unspecified atom stereocenters. The zero-order valence-corrected chi connectivity index (χ0v) is 12.0. The van der Waals surface area contributed by atoms with Crippen LogP contribution in [0.2, 0.25) is 0 Å². The summed E-state index contributed by atoms with van der Waals surface area (Å²) < 4.78 is 13.2. The van der Waals surface area contributed by atoms with Crippen LogP contribution in [-0.4, -0.2) is 19.9 Å². The first-order valence-corrected chi connectivity index (χ1v) is 6.53. The Hall–Kier alpha value is -2.16. The third kappa shape index (κ3) is 3.23. The van der Waals surface area contributed by atoms with Gasteiger partial charge < -0.3 is 4.90 Å². The van der Waals surface area contributed by atoms with E-state index >= 15 is 0 Å². The predicted octanol–water partition coefficient (Wildman–Crippen LogP) is 3.63. The minimum atomic E-state index is -0.304. The molecule has 0 aliphatic heterocycles. The molecule has 0 aliphatic rings. The number of halogens is 1. The summed E-state index contributed by atoms with van der Waals surface area (Å²) in [6.07, 6.45) is 0.227. The monoisotopic (exact) mass is 271 g/mol. The summed E-state index contributed by atoms with van der Waals surface area (Å²) >= 11 is 0. The molecule has 104 valence electrons. The number of carbonyl (C=O) groups is 1. The van der Waals surface area contributed by atoms with Gasteiger partial charge in [-0.05, 0) is 54.4 Å². The van der Waals surface area contributed by atoms with E-state index in [4.69, 9.17) is 0 Å². The second-order valence-electron chi connectivity index (χ2n) is 5.11. The maximum atomic E-state index is 13.2. The van der Waals surface area contributed by atoms with Gasteiger partial charge in [0.1, 0.15) is 5.82 Å². The number of nitrogens with zero attached hydrogens (tertiary/aromatic N) is 1. The zero-order valence-electron chi connectivity index (χ0n) is 12.0. The van der Waals surface area contributed by atoms with Crippen molar-refractivity contribution in [3.05, 3.63) is 65.0 Å². The van der Waals surface area contributed by atoms with Gasteiger partial charge in [-0.15, -0.1) is 0 Å². The van der Waals surface area contributed by atoms with Gasteiger partial charge in [-0.2, -0.15) is 0 Å². The molecule has 2 nitrogen and oxygen atoms in total. The summed E-state index contributed by atoms with van der Waals surface area (Å²) in [6, 6.07) is 12.0. The zero-order chi connectivity index (χ0) is 14.7. The summed E-state index contributed by atoms with van der Waals surface area (Å²) in [5, 5.41) is 0. The molecule has 2 rings (SSSR count). The van der Waals surface area contributed by atoms with Crippen LogP contribution in [0.4, 0.5) is 10.1 Å². The highest BCUT2D eigenvalue weighted by atomic mass is 19.1. The normalized spacial score (nSPS) is 10.4. The molecule has 0 aliphatic carbocycles. The molecule has 0 fully saturated rings. The molecule has 0 saturated carbocycles. The van der Waals surface area contributed by atoms with Crippen LogP contribution in [0.15, 0.2) is 42.5 Å². The Labute approximate surface area is 118 Å². The van der Waals surface area contributed by atoms with E-state index in [0.29, 0.717) is 5.56 Å². The number of aryl methyl sites for hydroxylation is 1. The van der Waals surface area contributed by atoms with E-state index in [0.717, 1.165) is 16.8 Å².